The minimum absolute atomic E-state index is 0.0705. The van der Waals surface area contributed by atoms with Crippen molar-refractivity contribution in [1.29, 1.82) is 0 Å². The van der Waals surface area contributed by atoms with E-state index in [9.17, 15) is 4.79 Å². The molecule has 4 heteroatoms. The molecule has 0 atom stereocenters. The number of rotatable bonds is 4. The van der Waals surface area contributed by atoms with Crippen LogP contribution in [-0.2, 0) is 11.3 Å². The van der Waals surface area contributed by atoms with Crippen LogP contribution in [-0.4, -0.2) is 11.1 Å². The lowest BCUT2D eigenvalue weighted by atomic mass is 10.1. The van der Waals surface area contributed by atoms with Crippen LogP contribution >= 0.6 is 0 Å². The molecule has 0 radical (unpaired) electrons. The molecular formula is C22H17NO3. The third kappa shape index (κ3) is 3.35. The number of aromatic nitrogens is 1. The molecule has 0 unspecified atom stereocenters. The number of hydrogen-bond acceptors (Lipinski definition) is 4. The molecule has 0 aliphatic heterocycles. The number of fused-ring (bicyclic) bond motifs is 1. The number of aryl methyl sites for hydroxylation is 1. The van der Waals surface area contributed by atoms with E-state index in [2.05, 4.69) is 5.16 Å². The fourth-order valence-electron chi connectivity index (χ4n) is 2.77. The van der Waals surface area contributed by atoms with Gasteiger partial charge in [-0.25, -0.2) is 4.79 Å². The van der Waals surface area contributed by atoms with Gasteiger partial charge in [-0.1, -0.05) is 65.3 Å². The largest absolute Gasteiger partial charge is 0.455 e. The van der Waals surface area contributed by atoms with Gasteiger partial charge in [-0.2, -0.15) is 0 Å². The molecule has 4 rings (SSSR count). The minimum Gasteiger partial charge on any atom is -0.455 e. The molecule has 0 spiro atoms. The van der Waals surface area contributed by atoms with Gasteiger partial charge < -0.3 is 9.26 Å². The molecule has 3 aromatic carbocycles. The van der Waals surface area contributed by atoms with Crippen molar-refractivity contribution >= 4 is 16.7 Å². The van der Waals surface area contributed by atoms with Crippen LogP contribution in [0.3, 0.4) is 0 Å². The van der Waals surface area contributed by atoms with Crippen LogP contribution in [0, 0.1) is 6.92 Å². The first-order valence-electron chi connectivity index (χ1n) is 8.37. The summed E-state index contributed by atoms with van der Waals surface area (Å²) in [5.74, 6) is 0.275. The second-order valence-corrected chi connectivity index (χ2v) is 6.19. The SMILES string of the molecule is Cc1ccc(-c2cc(COC(=O)c3ccc4ccccc4c3)no2)cc1. The number of ether oxygens (including phenoxy) is 1. The lowest BCUT2D eigenvalue weighted by molar-refractivity contribution is 0.0464. The van der Waals surface area contributed by atoms with Gasteiger partial charge in [0, 0.05) is 11.6 Å². The lowest BCUT2D eigenvalue weighted by Crippen LogP contribution is -2.05. The van der Waals surface area contributed by atoms with E-state index in [4.69, 9.17) is 9.26 Å². The van der Waals surface area contributed by atoms with Crippen molar-refractivity contribution in [2.45, 2.75) is 13.5 Å². The van der Waals surface area contributed by atoms with Crippen molar-refractivity contribution in [1.82, 2.24) is 5.16 Å². The highest BCUT2D eigenvalue weighted by atomic mass is 16.5. The van der Waals surface area contributed by atoms with Crippen LogP contribution in [0.25, 0.3) is 22.1 Å². The van der Waals surface area contributed by atoms with Crippen LogP contribution in [0.4, 0.5) is 0 Å². The Morgan fingerprint density at radius 3 is 2.54 bits per heavy atom. The highest BCUT2D eigenvalue weighted by Crippen LogP contribution is 2.21. The summed E-state index contributed by atoms with van der Waals surface area (Å²) in [5.41, 5.74) is 3.22. The minimum atomic E-state index is -0.379. The summed E-state index contributed by atoms with van der Waals surface area (Å²) in [6.45, 7) is 2.10. The fourth-order valence-corrected chi connectivity index (χ4v) is 2.77. The van der Waals surface area contributed by atoms with Gasteiger partial charge in [0.05, 0.1) is 5.56 Å². The van der Waals surface area contributed by atoms with Crippen LogP contribution in [0.1, 0.15) is 21.6 Å². The summed E-state index contributed by atoms with van der Waals surface area (Å²) >= 11 is 0. The maximum atomic E-state index is 12.3. The molecule has 0 N–H and O–H groups in total. The third-order valence-electron chi connectivity index (χ3n) is 4.23. The van der Waals surface area contributed by atoms with Crippen molar-refractivity contribution in [2.75, 3.05) is 0 Å². The average Bonchev–Trinajstić information content (AvgIpc) is 3.15. The summed E-state index contributed by atoms with van der Waals surface area (Å²) < 4.78 is 10.7. The standard InChI is InChI=1S/C22H17NO3/c1-15-6-8-17(9-7-15)21-13-20(23-26-21)14-25-22(24)19-11-10-16-4-2-3-5-18(16)12-19/h2-13H,14H2,1H3. The molecule has 26 heavy (non-hydrogen) atoms. The zero-order valence-electron chi connectivity index (χ0n) is 14.3. The summed E-state index contributed by atoms with van der Waals surface area (Å²) in [7, 11) is 0. The molecule has 128 valence electrons. The van der Waals surface area contributed by atoms with Gasteiger partial charge in [-0.05, 0) is 29.8 Å². The second-order valence-electron chi connectivity index (χ2n) is 6.19. The molecule has 4 nitrogen and oxygen atoms in total. The van der Waals surface area contributed by atoms with E-state index < -0.39 is 0 Å². The Bertz CT molecular complexity index is 1060. The smallest absolute Gasteiger partial charge is 0.338 e. The number of carbonyl (C=O) groups excluding carboxylic acids is 1. The number of benzene rings is 3. The normalized spacial score (nSPS) is 10.8. The maximum absolute atomic E-state index is 12.3. The molecule has 0 saturated heterocycles. The first kappa shape index (κ1) is 16.1. The molecule has 4 aromatic rings. The lowest BCUT2D eigenvalue weighted by Gasteiger charge is -2.04. The van der Waals surface area contributed by atoms with Crippen molar-refractivity contribution in [2.24, 2.45) is 0 Å². The monoisotopic (exact) mass is 343 g/mol. The van der Waals surface area contributed by atoms with E-state index in [0.29, 0.717) is 17.0 Å². The molecule has 0 bridgehead atoms. The molecule has 1 heterocycles. The zero-order chi connectivity index (χ0) is 17.9. The summed E-state index contributed by atoms with van der Waals surface area (Å²) in [4.78, 5) is 12.3. The summed E-state index contributed by atoms with van der Waals surface area (Å²) in [5, 5.41) is 6.07. The molecule has 0 fully saturated rings. The summed E-state index contributed by atoms with van der Waals surface area (Å²) in [6.07, 6.45) is 0. The van der Waals surface area contributed by atoms with Crippen molar-refractivity contribution < 1.29 is 14.1 Å². The Hall–Kier alpha value is -3.40. The first-order chi connectivity index (χ1) is 12.7. The van der Waals surface area contributed by atoms with E-state index in [1.54, 1.807) is 12.1 Å². The van der Waals surface area contributed by atoms with Gasteiger partial charge in [-0.3, -0.25) is 0 Å². The van der Waals surface area contributed by atoms with Crippen molar-refractivity contribution in [3.63, 3.8) is 0 Å². The molecule has 0 aliphatic rings. The third-order valence-corrected chi connectivity index (χ3v) is 4.23. The quantitative estimate of drug-likeness (QED) is 0.480. The molecule has 1 aromatic heterocycles. The van der Waals surface area contributed by atoms with Gasteiger partial charge in [0.1, 0.15) is 12.3 Å². The maximum Gasteiger partial charge on any atom is 0.338 e. The van der Waals surface area contributed by atoms with E-state index in [1.807, 2.05) is 67.6 Å². The predicted molar refractivity (Wildman–Crippen MR) is 99.7 cm³/mol. The van der Waals surface area contributed by atoms with Gasteiger partial charge in [-0.15, -0.1) is 0 Å². The van der Waals surface area contributed by atoms with Gasteiger partial charge >= 0.3 is 5.97 Å². The van der Waals surface area contributed by atoms with E-state index in [0.717, 1.165) is 16.3 Å². The Labute approximate surface area is 151 Å². The van der Waals surface area contributed by atoms with Gasteiger partial charge in [0.15, 0.2) is 5.76 Å². The van der Waals surface area contributed by atoms with Crippen molar-refractivity contribution in [3.05, 3.63) is 89.6 Å². The number of hydrogen-bond donors (Lipinski definition) is 0. The van der Waals surface area contributed by atoms with E-state index in [-0.39, 0.29) is 12.6 Å². The van der Waals surface area contributed by atoms with Crippen LogP contribution < -0.4 is 0 Å². The Morgan fingerprint density at radius 1 is 0.962 bits per heavy atom. The Kier molecular flexibility index (Phi) is 4.23. The van der Waals surface area contributed by atoms with Crippen LogP contribution in [0.5, 0.6) is 0 Å². The highest BCUT2D eigenvalue weighted by Gasteiger charge is 2.11. The molecule has 0 amide bonds. The highest BCUT2D eigenvalue weighted by molar-refractivity contribution is 5.95. The summed E-state index contributed by atoms with van der Waals surface area (Å²) in [6, 6.07) is 23.2. The Balaban J connectivity index is 1.45. The average molecular weight is 343 g/mol. The predicted octanol–water partition coefficient (Wildman–Crippen LogP) is 5.16. The van der Waals surface area contributed by atoms with Crippen LogP contribution in [0.2, 0.25) is 0 Å². The molecule has 0 saturated carbocycles. The van der Waals surface area contributed by atoms with E-state index in [1.165, 1.54) is 5.56 Å². The zero-order valence-corrected chi connectivity index (χ0v) is 14.3. The number of nitrogens with zero attached hydrogens (tertiary/aromatic N) is 1. The first-order valence-corrected chi connectivity index (χ1v) is 8.37. The molecule has 0 aliphatic carbocycles. The number of carbonyl (C=O) groups is 1. The number of esters is 1. The van der Waals surface area contributed by atoms with Crippen LogP contribution in [0.15, 0.2) is 77.3 Å². The second kappa shape index (κ2) is 6.84. The van der Waals surface area contributed by atoms with Crippen molar-refractivity contribution in [3.8, 4) is 11.3 Å². The fraction of sp³-hybridized carbons (Fsp3) is 0.0909. The van der Waals surface area contributed by atoms with E-state index >= 15 is 0 Å². The van der Waals surface area contributed by atoms with Gasteiger partial charge in [0.2, 0.25) is 0 Å². The van der Waals surface area contributed by atoms with Gasteiger partial charge in [0.25, 0.3) is 0 Å². The topological polar surface area (TPSA) is 52.3 Å². The Morgan fingerprint density at radius 2 is 1.73 bits per heavy atom. The molecular weight excluding hydrogens is 326 g/mol.